The fraction of sp³-hybridized carbons (Fsp3) is 0.125. The zero-order valence-corrected chi connectivity index (χ0v) is 12.0. The average molecular weight is 300 g/mol. The van der Waals surface area contributed by atoms with Crippen molar-refractivity contribution in [3.05, 3.63) is 59.7 Å². The molecule has 0 aliphatic rings. The number of urea groups is 1. The lowest BCUT2D eigenvalue weighted by molar-refractivity contribution is 0.0600. The van der Waals surface area contributed by atoms with Crippen LogP contribution in [0, 0.1) is 0 Å². The van der Waals surface area contributed by atoms with Crippen LogP contribution in [0.15, 0.2) is 48.5 Å². The predicted octanol–water partition coefficient (Wildman–Crippen LogP) is 2.50. The Hall–Kier alpha value is -3.02. The van der Waals surface area contributed by atoms with E-state index in [2.05, 4.69) is 15.4 Å². The summed E-state index contributed by atoms with van der Waals surface area (Å²) >= 11 is 0. The second kappa shape index (κ2) is 7.12. The highest BCUT2D eigenvalue weighted by atomic mass is 16.5. The average Bonchev–Trinajstić information content (AvgIpc) is 2.52. The number of esters is 1. The molecule has 6 nitrogen and oxygen atoms in total. The van der Waals surface area contributed by atoms with Crippen LogP contribution in [-0.2, 0) is 11.3 Å². The van der Waals surface area contributed by atoms with E-state index in [0.29, 0.717) is 17.8 Å². The SMILES string of the molecule is COC(=O)c1ccc(CNC(=O)Nc2cccc(O)c2)cc1. The fourth-order valence-electron chi connectivity index (χ4n) is 1.82. The zero-order chi connectivity index (χ0) is 15.9. The van der Waals surface area contributed by atoms with Crippen LogP contribution in [0.25, 0.3) is 0 Å². The molecule has 0 atom stereocenters. The van der Waals surface area contributed by atoms with Gasteiger partial charge in [0.2, 0.25) is 0 Å². The van der Waals surface area contributed by atoms with Crippen molar-refractivity contribution < 1.29 is 19.4 Å². The summed E-state index contributed by atoms with van der Waals surface area (Å²) in [6.07, 6.45) is 0. The van der Waals surface area contributed by atoms with Crippen molar-refractivity contribution in [2.45, 2.75) is 6.54 Å². The molecule has 0 bridgehead atoms. The number of carbonyl (C=O) groups excluding carboxylic acids is 2. The Bertz CT molecular complexity index is 668. The van der Waals surface area contributed by atoms with Crippen LogP contribution in [0.2, 0.25) is 0 Å². The maximum atomic E-state index is 11.7. The minimum Gasteiger partial charge on any atom is -0.508 e. The van der Waals surface area contributed by atoms with E-state index in [1.54, 1.807) is 36.4 Å². The highest BCUT2D eigenvalue weighted by Gasteiger charge is 2.05. The molecule has 0 aromatic heterocycles. The molecule has 2 aromatic rings. The van der Waals surface area contributed by atoms with Crippen molar-refractivity contribution in [2.75, 3.05) is 12.4 Å². The van der Waals surface area contributed by atoms with Gasteiger partial charge in [-0.2, -0.15) is 0 Å². The molecule has 0 heterocycles. The number of aromatic hydroxyl groups is 1. The first-order valence-electron chi connectivity index (χ1n) is 6.59. The third kappa shape index (κ3) is 4.24. The highest BCUT2D eigenvalue weighted by molar-refractivity contribution is 5.90. The summed E-state index contributed by atoms with van der Waals surface area (Å²) < 4.78 is 4.61. The second-order valence-electron chi connectivity index (χ2n) is 4.55. The fourth-order valence-corrected chi connectivity index (χ4v) is 1.82. The lowest BCUT2D eigenvalue weighted by Crippen LogP contribution is -2.28. The molecule has 0 unspecified atom stereocenters. The highest BCUT2D eigenvalue weighted by Crippen LogP contribution is 2.15. The summed E-state index contributed by atoms with van der Waals surface area (Å²) in [5.41, 5.74) is 1.80. The van der Waals surface area contributed by atoms with Crippen molar-refractivity contribution in [2.24, 2.45) is 0 Å². The molecule has 114 valence electrons. The number of hydrogen-bond acceptors (Lipinski definition) is 4. The number of phenols is 1. The van der Waals surface area contributed by atoms with Crippen molar-refractivity contribution in [3.8, 4) is 5.75 Å². The Morgan fingerprint density at radius 1 is 1.14 bits per heavy atom. The van der Waals surface area contributed by atoms with Gasteiger partial charge in [0, 0.05) is 18.3 Å². The molecule has 0 saturated carbocycles. The number of ether oxygens (including phenoxy) is 1. The molecule has 0 aliphatic heterocycles. The van der Waals surface area contributed by atoms with Gasteiger partial charge in [0.05, 0.1) is 12.7 Å². The number of methoxy groups -OCH3 is 1. The number of benzene rings is 2. The summed E-state index contributed by atoms with van der Waals surface area (Å²) in [6.45, 7) is 0.312. The van der Waals surface area contributed by atoms with E-state index in [-0.39, 0.29) is 11.8 Å². The van der Waals surface area contributed by atoms with Gasteiger partial charge in [0.1, 0.15) is 5.75 Å². The van der Waals surface area contributed by atoms with E-state index in [4.69, 9.17) is 0 Å². The van der Waals surface area contributed by atoms with Crippen LogP contribution in [0.5, 0.6) is 5.75 Å². The Labute approximate surface area is 127 Å². The van der Waals surface area contributed by atoms with Gasteiger partial charge < -0.3 is 20.5 Å². The first-order chi connectivity index (χ1) is 10.6. The minimum atomic E-state index is -0.402. The first kappa shape index (κ1) is 15.4. The molecule has 0 spiro atoms. The van der Waals surface area contributed by atoms with Crippen LogP contribution in [0.1, 0.15) is 15.9 Å². The van der Waals surface area contributed by atoms with Crippen LogP contribution >= 0.6 is 0 Å². The number of amides is 2. The maximum absolute atomic E-state index is 11.7. The summed E-state index contributed by atoms with van der Waals surface area (Å²) in [5.74, 6) is -0.322. The van der Waals surface area contributed by atoms with E-state index in [9.17, 15) is 14.7 Å². The van der Waals surface area contributed by atoms with Crippen LogP contribution in [0.4, 0.5) is 10.5 Å². The smallest absolute Gasteiger partial charge is 0.337 e. The largest absolute Gasteiger partial charge is 0.508 e. The van der Waals surface area contributed by atoms with Crippen LogP contribution in [0.3, 0.4) is 0 Å². The van der Waals surface area contributed by atoms with Gasteiger partial charge >= 0.3 is 12.0 Å². The van der Waals surface area contributed by atoms with Gasteiger partial charge in [-0.1, -0.05) is 18.2 Å². The third-order valence-corrected chi connectivity index (χ3v) is 2.93. The molecular weight excluding hydrogens is 284 g/mol. The summed E-state index contributed by atoms with van der Waals surface area (Å²) in [7, 11) is 1.32. The number of hydrogen-bond donors (Lipinski definition) is 3. The minimum absolute atomic E-state index is 0.0798. The molecule has 0 radical (unpaired) electrons. The van der Waals surface area contributed by atoms with Gasteiger partial charge in [-0.05, 0) is 29.8 Å². The van der Waals surface area contributed by atoms with Gasteiger partial charge in [-0.15, -0.1) is 0 Å². The van der Waals surface area contributed by atoms with E-state index < -0.39 is 5.97 Å². The van der Waals surface area contributed by atoms with Crippen molar-refractivity contribution in [1.29, 1.82) is 0 Å². The molecule has 6 heteroatoms. The Morgan fingerprint density at radius 3 is 2.50 bits per heavy atom. The first-order valence-corrected chi connectivity index (χ1v) is 6.59. The Morgan fingerprint density at radius 2 is 1.86 bits per heavy atom. The molecule has 0 aliphatic carbocycles. The molecule has 0 saturated heterocycles. The van der Waals surface area contributed by atoms with Gasteiger partial charge in [0.15, 0.2) is 0 Å². The van der Waals surface area contributed by atoms with Gasteiger partial charge in [-0.3, -0.25) is 0 Å². The van der Waals surface area contributed by atoms with Crippen molar-refractivity contribution >= 4 is 17.7 Å². The number of rotatable bonds is 4. The summed E-state index contributed by atoms with van der Waals surface area (Å²) in [6, 6.07) is 12.6. The maximum Gasteiger partial charge on any atom is 0.337 e. The molecular formula is C16H16N2O4. The zero-order valence-electron chi connectivity index (χ0n) is 12.0. The van der Waals surface area contributed by atoms with E-state index >= 15 is 0 Å². The molecule has 3 N–H and O–H groups in total. The van der Waals surface area contributed by atoms with E-state index in [0.717, 1.165) is 5.56 Å². The quantitative estimate of drug-likeness (QED) is 0.757. The van der Waals surface area contributed by atoms with Crippen LogP contribution < -0.4 is 10.6 Å². The molecule has 22 heavy (non-hydrogen) atoms. The van der Waals surface area contributed by atoms with Gasteiger partial charge in [0.25, 0.3) is 0 Å². The second-order valence-corrected chi connectivity index (χ2v) is 4.55. The third-order valence-electron chi connectivity index (χ3n) is 2.93. The number of phenolic OH excluding ortho intramolecular Hbond substituents is 1. The monoisotopic (exact) mass is 300 g/mol. The van der Waals surface area contributed by atoms with Crippen molar-refractivity contribution in [3.63, 3.8) is 0 Å². The number of nitrogens with one attached hydrogen (secondary N) is 2. The van der Waals surface area contributed by atoms with Crippen LogP contribution in [-0.4, -0.2) is 24.2 Å². The molecule has 2 aromatic carbocycles. The summed E-state index contributed by atoms with van der Waals surface area (Å²) in [5, 5.41) is 14.6. The van der Waals surface area contributed by atoms with E-state index in [1.165, 1.54) is 19.2 Å². The number of anilines is 1. The Kier molecular flexibility index (Phi) is 4.98. The topological polar surface area (TPSA) is 87.7 Å². The Balaban J connectivity index is 1.87. The van der Waals surface area contributed by atoms with Crippen molar-refractivity contribution in [1.82, 2.24) is 5.32 Å². The number of carbonyl (C=O) groups is 2. The standard InChI is InChI=1S/C16H16N2O4/c1-22-15(20)12-7-5-11(6-8-12)10-17-16(21)18-13-3-2-4-14(19)9-13/h2-9,19H,10H2,1H3,(H2,17,18,21). The molecule has 2 amide bonds. The molecule has 0 fully saturated rings. The molecule has 2 rings (SSSR count). The summed E-state index contributed by atoms with van der Waals surface area (Å²) in [4.78, 5) is 23.0. The van der Waals surface area contributed by atoms with E-state index in [1.807, 2.05) is 0 Å². The lowest BCUT2D eigenvalue weighted by atomic mass is 10.1. The van der Waals surface area contributed by atoms with Gasteiger partial charge in [-0.25, -0.2) is 9.59 Å². The lowest BCUT2D eigenvalue weighted by Gasteiger charge is -2.08. The normalized spacial score (nSPS) is 9.86. The predicted molar refractivity (Wildman–Crippen MR) is 81.7 cm³/mol.